The maximum absolute atomic E-state index is 12.2. The fourth-order valence-corrected chi connectivity index (χ4v) is 3.75. The molecule has 1 aliphatic heterocycles. The highest BCUT2D eigenvalue weighted by Crippen LogP contribution is 2.30. The molecule has 1 heterocycles. The SMILES string of the molecule is O=C(NCCSCc1ccc(Cl)cc1Cl)[C@H]1COc2ccccc2O1. The summed E-state index contributed by atoms with van der Waals surface area (Å²) in [6, 6.07) is 12.8. The van der Waals surface area contributed by atoms with E-state index in [1.807, 2.05) is 30.3 Å². The summed E-state index contributed by atoms with van der Waals surface area (Å²) in [5.74, 6) is 2.64. The molecule has 2 aromatic rings. The molecule has 0 saturated heterocycles. The molecule has 0 fully saturated rings. The van der Waals surface area contributed by atoms with Gasteiger partial charge < -0.3 is 14.8 Å². The minimum atomic E-state index is -0.620. The smallest absolute Gasteiger partial charge is 0.264 e. The normalized spacial score (nSPS) is 15.7. The van der Waals surface area contributed by atoms with E-state index in [1.165, 1.54) is 0 Å². The van der Waals surface area contributed by atoms with Gasteiger partial charge in [-0.05, 0) is 29.8 Å². The largest absolute Gasteiger partial charge is 0.485 e. The monoisotopic (exact) mass is 397 g/mol. The van der Waals surface area contributed by atoms with Gasteiger partial charge in [0.15, 0.2) is 11.5 Å². The number of carbonyl (C=O) groups excluding carboxylic acids is 1. The maximum atomic E-state index is 12.2. The lowest BCUT2D eigenvalue weighted by Crippen LogP contribution is -2.44. The molecule has 2 aromatic carbocycles. The Morgan fingerprint density at radius 2 is 2.00 bits per heavy atom. The zero-order valence-corrected chi connectivity index (χ0v) is 15.7. The molecule has 1 amide bonds. The number of amides is 1. The number of para-hydroxylation sites is 2. The highest BCUT2D eigenvalue weighted by atomic mass is 35.5. The van der Waals surface area contributed by atoms with Crippen molar-refractivity contribution in [2.24, 2.45) is 0 Å². The highest BCUT2D eigenvalue weighted by Gasteiger charge is 2.26. The molecule has 0 aliphatic carbocycles. The lowest BCUT2D eigenvalue weighted by Gasteiger charge is -2.25. The van der Waals surface area contributed by atoms with Crippen LogP contribution in [0.2, 0.25) is 10.0 Å². The van der Waals surface area contributed by atoms with Crippen molar-refractivity contribution >= 4 is 40.9 Å². The average molecular weight is 398 g/mol. The Balaban J connectivity index is 1.38. The number of rotatable bonds is 6. The van der Waals surface area contributed by atoms with Gasteiger partial charge in [-0.3, -0.25) is 4.79 Å². The van der Waals surface area contributed by atoms with Crippen LogP contribution in [0.5, 0.6) is 11.5 Å². The van der Waals surface area contributed by atoms with E-state index in [0.29, 0.717) is 28.1 Å². The van der Waals surface area contributed by atoms with Crippen LogP contribution < -0.4 is 14.8 Å². The molecule has 0 spiro atoms. The van der Waals surface area contributed by atoms with E-state index < -0.39 is 6.10 Å². The average Bonchev–Trinajstić information content (AvgIpc) is 2.62. The van der Waals surface area contributed by atoms with Crippen LogP contribution >= 0.6 is 35.0 Å². The van der Waals surface area contributed by atoms with Gasteiger partial charge in [0, 0.05) is 28.1 Å². The van der Waals surface area contributed by atoms with Crippen molar-refractivity contribution in [1.29, 1.82) is 0 Å². The Morgan fingerprint density at radius 3 is 2.80 bits per heavy atom. The molecule has 25 heavy (non-hydrogen) atoms. The van der Waals surface area contributed by atoms with E-state index >= 15 is 0 Å². The molecule has 0 radical (unpaired) electrons. The third-order valence-corrected chi connectivity index (χ3v) is 5.21. The van der Waals surface area contributed by atoms with Crippen LogP contribution in [0, 0.1) is 0 Å². The minimum absolute atomic E-state index is 0.167. The quantitative estimate of drug-likeness (QED) is 0.742. The van der Waals surface area contributed by atoms with Gasteiger partial charge in [0.05, 0.1) is 0 Å². The first-order valence-corrected chi connectivity index (χ1v) is 9.72. The van der Waals surface area contributed by atoms with Crippen molar-refractivity contribution in [3.63, 3.8) is 0 Å². The van der Waals surface area contributed by atoms with E-state index in [2.05, 4.69) is 5.32 Å². The fourth-order valence-electron chi connectivity index (χ4n) is 2.33. The summed E-state index contributed by atoms with van der Waals surface area (Å²) in [6.45, 7) is 0.770. The summed E-state index contributed by atoms with van der Waals surface area (Å²) in [5, 5.41) is 4.16. The number of benzene rings is 2. The number of fused-ring (bicyclic) bond motifs is 1. The summed E-state index contributed by atoms with van der Waals surface area (Å²) >= 11 is 13.7. The van der Waals surface area contributed by atoms with Gasteiger partial charge in [-0.25, -0.2) is 0 Å². The number of hydrogen-bond acceptors (Lipinski definition) is 4. The first kappa shape index (κ1) is 18.2. The van der Waals surface area contributed by atoms with Crippen LogP contribution in [0.15, 0.2) is 42.5 Å². The second kappa shape index (κ2) is 8.70. The van der Waals surface area contributed by atoms with Crippen molar-refractivity contribution in [2.45, 2.75) is 11.9 Å². The number of hydrogen-bond donors (Lipinski definition) is 1. The third-order valence-electron chi connectivity index (χ3n) is 3.62. The lowest BCUT2D eigenvalue weighted by molar-refractivity contribution is -0.130. The zero-order chi connectivity index (χ0) is 17.6. The maximum Gasteiger partial charge on any atom is 0.264 e. The molecule has 4 nitrogen and oxygen atoms in total. The van der Waals surface area contributed by atoms with Crippen LogP contribution in [-0.2, 0) is 10.5 Å². The first-order chi connectivity index (χ1) is 12.1. The van der Waals surface area contributed by atoms with E-state index in [9.17, 15) is 4.79 Å². The lowest BCUT2D eigenvalue weighted by atomic mass is 10.2. The summed E-state index contributed by atoms with van der Waals surface area (Å²) < 4.78 is 11.2. The molecule has 1 N–H and O–H groups in total. The highest BCUT2D eigenvalue weighted by molar-refractivity contribution is 7.98. The molecule has 0 saturated carbocycles. The number of thioether (sulfide) groups is 1. The standard InChI is InChI=1S/C18H17Cl2NO3S/c19-13-6-5-12(14(20)9-13)11-25-8-7-21-18(22)17-10-23-15-3-1-2-4-16(15)24-17/h1-6,9,17H,7-8,10-11H2,(H,21,22)/t17-/m1/s1. The van der Waals surface area contributed by atoms with Crippen LogP contribution in [-0.4, -0.2) is 30.9 Å². The van der Waals surface area contributed by atoms with Gasteiger partial charge >= 0.3 is 0 Å². The number of nitrogens with one attached hydrogen (secondary N) is 1. The predicted octanol–water partition coefficient (Wildman–Crippen LogP) is 4.18. The molecular weight excluding hydrogens is 381 g/mol. The molecule has 0 bridgehead atoms. The van der Waals surface area contributed by atoms with Gasteiger partial charge in [-0.2, -0.15) is 11.8 Å². The first-order valence-electron chi connectivity index (χ1n) is 7.81. The fraction of sp³-hybridized carbons (Fsp3) is 0.278. The summed E-state index contributed by atoms with van der Waals surface area (Å²) in [4.78, 5) is 12.2. The van der Waals surface area contributed by atoms with Crippen molar-refractivity contribution in [2.75, 3.05) is 18.9 Å². The van der Waals surface area contributed by atoms with Gasteiger partial charge in [-0.15, -0.1) is 0 Å². The summed E-state index contributed by atoms with van der Waals surface area (Å²) in [7, 11) is 0. The van der Waals surface area contributed by atoms with Crippen LogP contribution in [0.1, 0.15) is 5.56 Å². The van der Waals surface area contributed by atoms with Crippen LogP contribution in [0.4, 0.5) is 0 Å². The topological polar surface area (TPSA) is 47.6 Å². The van der Waals surface area contributed by atoms with Gasteiger partial charge in [0.25, 0.3) is 5.91 Å². The number of halogens is 2. The van der Waals surface area contributed by atoms with Crippen LogP contribution in [0.25, 0.3) is 0 Å². The molecule has 132 valence electrons. The van der Waals surface area contributed by atoms with E-state index in [4.69, 9.17) is 32.7 Å². The molecule has 0 aromatic heterocycles. The third kappa shape index (κ3) is 4.97. The van der Waals surface area contributed by atoms with Gasteiger partial charge in [-0.1, -0.05) is 41.4 Å². The second-order valence-corrected chi connectivity index (χ2v) is 7.39. The number of carbonyl (C=O) groups is 1. The minimum Gasteiger partial charge on any atom is -0.485 e. The Kier molecular flexibility index (Phi) is 6.34. The number of ether oxygens (including phenoxy) is 2. The van der Waals surface area contributed by atoms with Gasteiger partial charge in [0.1, 0.15) is 6.61 Å². The van der Waals surface area contributed by atoms with E-state index in [-0.39, 0.29) is 12.5 Å². The Hall–Kier alpha value is -1.56. The summed E-state index contributed by atoms with van der Waals surface area (Å²) in [5.41, 5.74) is 1.03. The molecule has 1 aliphatic rings. The van der Waals surface area contributed by atoms with Crippen molar-refractivity contribution in [3.8, 4) is 11.5 Å². The van der Waals surface area contributed by atoms with Gasteiger partial charge in [0.2, 0.25) is 6.10 Å². The van der Waals surface area contributed by atoms with Crippen molar-refractivity contribution < 1.29 is 14.3 Å². The Labute approximate surface area is 160 Å². The summed E-state index contributed by atoms with van der Waals surface area (Å²) in [6.07, 6.45) is -0.620. The van der Waals surface area contributed by atoms with Crippen molar-refractivity contribution in [3.05, 3.63) is 58.1 Å². The van der Waals surface area contributed by atoms with E-state index in [1.54, 1.807) is 23.9 Å². The molecule has 1 atom stereocenters. The second-order valence-electron chi connectivity index (χ2n) is 5.44. The molecule has 7 heteroatoms. The molecule has 0 unspecified atom stereocenters. The Bertz CT molecular complexity index is 757. The zero-order valence-electron chi connectivity index (χ0n) is 13.3. The van der Waals surface area contributed by atoms with E-state index in [0.717, 1.165) is 17.1 Å². The Morgan fingerprint density at radius 1 is 1.20 bits per heavy atom. The molecular formula is C18H17Cl2NO3S. The molecule has 3 rings (SSSR count). The predicted molar refractivity (Wildman–Crippen MR) is 102 cm³/mol. The van der Waals surface area contributed by atoms with Crippen molar-refractivity contribution in [1.82, 2.24) is 5.32 Å². The van der Waals surface area contributed by atoms with Crippen LogP contribution in [0.3, 0.4) is 0 Å².